The van der Waals surface area contributed by atoms with Crippen LogP contribution in [0.4, 0.5) is 0 Å². The summed E-state index contributed by atoms with van der Waals surface area (Å²) in [5.41, 5.74) is 0.808. The van der Waals surface area contributed by atoms with Gasteiger partial charge in [-0.25, -0.2) is 4.68 Å². The maximum atomic E-state index is 12.6. The number of likely N-dealkylation sites (tertiary alicyclic amines) is 1. The second kappa shape index (κ2) is 5.70. The standard InChI is InChI=1S/C16H18N6O2/c23-13-10-16(17-13)6-8-21(9-7-16)14(24)11-22-15(18-19-20-22)12-4-2-1-3-5-12/h1-5H,6-11H2,(H,17,23). The van der Waals surface area contributed by atoms with Gasteiger partial charge in [-0.05, 0) is 23.3 Å². The largest absolute Gasteiger partial charge is 0.350 e. The number of nitrogens with zero attached hydrogens (tertiary/aromatic N) is 5. The number of benzene rings is 1. The Morgan fingerprint density at radius 3 is 2.58 bits per heavy atom. The molecule has 2 aromatic rings. The van der Waals surface area contributed by atoms with Crippen LogP contribution < -0.4 is 5.32 Å². The van der Waals surface area contributed by atoms with Crippen LogP contribution in [0.25, 0.3) is 11.4 Å². The van der Waals surface area contributed by atoms with Crippen molar-refractivity contribution < 1.29 is 9.59 Å². The summed E-state index contributed by atoms with van der Waals surface area (Å²) in [7, 11) is 0. The van der Waals surface area contributed by atoms with Gasteiger partial charge in [0.05, 0.1) is 5.54 Å². The van der Waals surface area contributed by atoms with E-state index in [4.69, 9.17) is 0 Å². The van der Waals surface area contributed by atoms with Gasteiger partial charge in [0.15, 0.2) is 5.82 Å². The van der Waals surface area contributed by atoms with Crippen molar-refractivity contribution in [1.29, 1.82) is 0 Å². The molecule has 0 saturated carbocycles. The maximum Gasteiger partial charge on any atom is 0.244 e. The molecule has 2 aliphatic heterocycles. The number of rotatable bonds is 3. The van der Waals surface area contributed by atoms with E-state index >= 15 is 0 Å². The molecule has 2 amide bonds. The molecule has 3 heterocycles. The molecule has 8 nitrogen and oxygen atoms in total. The minimum Gasteiger partial charge on any atom is -0.350 e. The van der Waals surface area contributed by atoms with Crippen LogP contribution in [-0.2, 0) is 16.1 Å². The lowest BCUT2D eigenvalue weighted by Gasteiger charge is -2.47. The van der Waals surface area contributed by atoms with Gasteiger partial charge in [-0.15, -0.1) is 5.10 Å². The van der Waals surface area contributed by atoms with E-state index < -0.39 is 0 Å². The van der Waals surface area contributed by atoms with Crippen LogP contribution in [-0.4, -0.2) is 55.5 Å². The summed E-state index contributed by atoms with van der Waals surface area (Å²) in [6.45, 7) is 1.43. The van der Waals surface area contributed by atoms with Crippen LogP contribution in [0.5, 0.6) is 0 Å². The number of hydrogen-bond acceptors (Lipinski definition) is 5. The predicted octanol–water partition coefficient (Wildman–Crippen LogP) is 0.221. The highest BCUT2D eigenvalue weighted by Crippen LogP contribution is 2.31. The minimum atomic E-state index is -0.0716. The topological polar surface area (TPSA) is 93.0 Å². The molecule has 1 aromatic carbocycles. The SMILES string of the molecule is O=C1CC2(CCN(C(=O)Cn3nnnc3-c3ccccc3)CC2)N1. The highest BCUT2D eigenvalue weighted by Gasteiger charge is 2.45. The molecule has 2 fully saturated rings. The first kappa shape index (κ1) is 14.8. The van der Waals surface area contributed by atoms with Crippen LogP contribution in [0.1, 0.15) is 19.3 Å². The zero-order valence-corrected chi connectivity index (χ0v) is 13.2. The van der Waals surface area contributed by atoms with Crippen LogP contribution in [0, 0.1) is 0 Å². The summed E-state index contributed by atoms with van der Waals surface area (Å²) >= 11 is 0. The van der Waals surface area contributed by atoms with Crippen molar-refractivity contribution in [2.24, 2.45) is 0 Å². The third-order valence-electron chi connectivity index (χ3n) is 4.83. The quantitative estimate of drug-likeness (QED) is 0.815. The molecule has 2 aliphatic rings. The fourth-order valence-corrected chi connectivity index (χ4v) is 3.40. The molecule has 0 unspecified atom stereocenters. The van der Waals surface area contributed by atoms with Crippen LogP contribution in [0.3, 0.4) is 0 Å². The molecule has 4 rings (SSSR count). The Bertz CT molecular complexity index is 754. The van der Waals surface area contributed by atoms with Crippen LogP contribution in [0.2, 0.25) is 0 Å². The van der Waals surface area contributed by atoms with E-state index in [0.717, 1.165) is 18.4 Å². The van der Waals surface area contributed by atoms with Gasteiger partial charge in [-0.2, -0.15) is 0 Å². The Kier molecular flexibility index (Phi) is 3.51. The fourth-order valence-electron chi connectivity index (χ4n) is 3.40. The fraction of sp³-hybridized carbons (Fsp3) is 0.438. The average Bonchev–Trinajstić information content (AvgIpc) is 3.03. The van der Waals surface area contributed by atoms with Crippen LogP contribution >= 0.6 is 0 Å². The highest BCUT2D eigenvalue weighted by atomic mass is 16.2. The number of β-lactam (4-membered cyclic amide) rings is 1. The van der Waals surface area contributed by atoms with Crippen molar-refractivity contribution in [2.45, 2.75) is 31.3 Å². The first-order valence-corrected chi connectivity index (χ1v) is 8.06. The molecule has 1 N–H and O–H groups in total. The van der Waals surface area contributed by atoms with Gasteiger partial charge in [0.2, 0.25) is 11.8 Å². The number of nitrogens with one attached hydrogen (secondary N) is 1. The monoisotopic (exact) mass is 326 g/mol. The molecule has 2 saturated heterocycles. The Morgan fingerprint density at radius 1 is 1.21 bits per heavy atom. The summed E-state index contributed by atoms with van der Waals surface area (Å²) in [4.78, 5) is 25.5. The molecule has 1 spiro atoms. The van der Waals surface area contributed by atoms with Crippen molar-refractivity contribution in [3.05, 3.63) is 30.3 Å². The number of piperidine rings is 1. The zero-order chi connectivity index (χ0) is 16.6. The van der Waals surface area contributed by atoms with Gasteiger partial charge < -0.3 is 10.2 Å². The minimum absolute atomic E-state index is 0.0000175. The number of carbonyl (C=O) groups excluding carboxylic acids is 2. The zero-order valence-electron chi connectivity index (χ0n) is 13.2. The van der Waals surface area contributed by atoms with Crippen molar-refractivity contribution in [3.63, 3.8) is 0 Å². The molecule has 8 heteroatoms. The first-order chi connectivity index (χ1) is 11.7. The van der Waals surface area contributed by atoms with E-state index in [9.17, 15) is 9.59 Å². The first-order valence-electron chi connectivity index (χ1n) is 8.06. The second-order valence-corrected chi connectivity index (χ2v) is 6.41. The number of amides is 2. The van der Waals surface area contributed by atoms with E-state index in [1.54, 1.807) is 0 Å². The number of tetrazole rings is 1. The number of carbonyl (C=O) groups is 2. The summed E-state index contributed by atoms with van der Waals surface area (Å²) < 4.78 is 1.53. The Morgan fingerprint density at radius 2 is 1.92 bits per heavy atom. The van der Waals surface area contributed by atoms with Crippen molar-refractivity contribution >= 4 is 11.8 Å². The molecule has 24 heavy (non-hydrogen) atoms. The summed E-state index contributed by atoms with van der Waals surface area (Å²) in [5.74, 6) is 0.694. The third-order valence-corrected chi connectivity index (χ3v) is 4.83. The lowest BCUT2D eigenvalue weighted by Crippen LogP contribution is -2.65. The van der Waals surface area contributed by atoms with E-state index in [2.05, 4.69) is 20.8 Å². The molecule has 0 bridgehead atoms. The van der Waals surface area contributed by atoms with Crippen LogP contribution in [0.15, 0.2) is 30.3 Å². The molecule has 0 radical (unpaired) electrons. The summed E-state index contributed by atoms with van der Waals surface area (Å²) in [5, 5.41) is 14.6. The summed E-state index contributed by atoms with van der Waals surface area (Å²) in [6, 6.07) is 9.57. The molecule has 0 aliphatic carbocycles. The average molecular weight is 326 g/mol. The second-order valence-electron chi connectivity index (χ2n) is 6.41. The van der Waals surface area contributed by atoms with Gasteiger partial charge in [-0.3, -0.25) is 9.59 Å². The lowest BCUT2D eigenvalue weighted by atomic mass is 9.78. The van der Waals surface area contributed by atoms with E-state index in [1.807, 2.05) is 35.2 Å². The smallest absolute Gasteiger partial charge is 0.244 e. The van der Waals surface area contributed by atoms with Crippen molar-refractivity contribution in [1.82, 2.24) is 30.4 Å². The third kappa shape index (κ3) is 2.64. The normalized spacial score (nSPS) is 19.0. The van der Waals surface area contributed by atoms with Gasteiger partial charge >= 0.3 is 0 Å². The van der Waals surface area contributed by atoms with E-state index in [-0.39, 0.29) is 23.9 Å². The number of hydrogen-bond donors (Lipinski definition) is 1. The highest BCUT2D eigenvalue weighted by molar-refractivity contribution is 5.85. The Labute approximate surface area is 138 Å². The molecule has 1 aromatic heterocycles. The maximum absolute atomic E-state index is 12.6. The molecule has 124 valence electrons. The van der Waals surface area contributed by atoms with Gasteiger partial charge in [0.25, 0.3) is 0 Å². The molecule has 0 atom stereocenters. The lowest BCUT2D eigenvalue weighted by molar-refractivity contribution is -0.139. The van der Waals surface area contributed by atoms with Gasteiger partial charge in [0.1, 0.15) is 6.54 Å². The summed E-state index contributed by atoms with van der Waals surface area (Å²) in [6.07, 6.45) is 2.21. The van der Waals surface area contributed by atoms with E-state index in [0.29, 0.717) is 25.3 Å². The predicted molar refractivity (Wildman–Crippen MR) is 84.6 cm³/mol. The molecular formula is C16H18N6O2. The van der Waals surface area contributed by atoms with Crippen molar-refractivity contribution in [2.75, 3.05) is 13.1 Å². The Hall–Kier alpha value is -2.77. The van der Waals surface area contributed by atoms with E-state index in [1.165, 1.54) is 4.68 Å². The van der Waals surface area contributed by atoms with Crippen molar-refractivity contribution in [3.8, 4) is 11.4 Å². The van der Waals surface area contributed by atoms with Gasteiger partial charge in [-0.1, -0.05) is 30.3 Å². The number of aromatic nitrogens is 4. The molecular weight excluding hydrogens is 308 g/mol. The van der Waals surface area contributed by atoms with Gasteiger partial charge in [0, 0.05) is 25.1 Å². The Balaban J connectivity index is 1.41.